The van der Waals surface area contributed by atoms with Crippen LogP contribution in [0.3, 0.4) is 0 Å². The first kappa shape index (κ1) is 28.1. The molecule has 2 aromatic carbocycles. The average Bonchev–Trinajstić information content (AvgIpc) is 3.56. The Kier molecular flexibility index (Phi) is 8.71. The number of aromatic amines is 1. The Hall–Kier alpha value is -3.43. The van der Waals surface area contributed by atoms with Crippen molar-refractivity contribution in [3.8, 4) is 0 Å². The number of methoxy groups -OCH3 is 1. The molecule has 1 aliphatic heterocycles. The number of likely N-dealkylation sites (tertiary alicyclic amines) is 1. The van der Waals surface area contributed by atoms with Gasteiger partial charge in [-0.2, -0.15) is 0 Å². The van der Waals surface area contributed by atoms with Crippen molar-refractivity contribution in [3.05, 3.63) is 64.8 Å². The molecule has 3 aromatic rings. The largest absolute Gasteiger partial charge is 0.469 e. The number of amides is 2. The number of esters is 1. The van der Waals surface area contributed by atoms with Gasteiger partial charge in [0.25, 0.3) is 5.91 Å². The van der Waals surface area contributed by atoms with Crippen LogP contribution in [0.4, 0.5) is 10.1 Å². The Morgan fingerprint density at radius 1 is 1.12 bits per heavy atom. The number of rotatable bonds is 8. The zero-order chi connectivity index (χ0) is 28.2. The minimum Gasteiger partial charge on any atom is -0.469 e. The Labute approximate surface area is 237 Å². The lowest BCUT2D eigenvalue weighted by molar-refractivity contribution is -0.148. The molecule has 1 saturated carbocycles. The summed E-state index contributed by atoms with van der Waals surface area (Å²) < 4.78 is 25.2. The van der Waals surface area contributed by atoms with Crippen molar-refractivity contribution in [3.63, 3.8) is 0 Å². The molecule has 40 heavy (non-hydrogen) atoms. The van der Waals surface area contributed by atoms with Crippen molar-refractivity contribution in [2.45, 2.75) is 56.8 Å². The maximum Gasteiger partial charge on any atom is 0.308 e. The van der Waals surface area contributed by atoms with E-state index in [1.807, 2.05) is 24.3 Å². The van der Waals surface area contributed by atoms with Crippen LogP contribution in [0, 0.1) is 5.92 Å². The molecule has 1 aliphatic carbocycles. The molecule has 2 atom stereocenters. The molecule has 0 radical (unpaired) electrons. The molecule has 2 N–H and O–H groups in total. The van der Waals surface area contributed by atoms with Crippen molar-refractivity contribution >= 4 is 46.0 Å². The van der Waals surface area contributed by atoms with E-state index in [-0.39, 0.29) is 61.8 Å². The third kappa shape index (κ3) is 6.31. The number of fused-ring (bicyclic) bond motifs is 1. The number of para-hydroxylation sites is 1. The summed E-state index contributed by atoms with van der Waals surface area (Å²) >= 11 is 6.47. The number of nitrogens with zero attached hydrogens (tertiary/aromatic N) is 1. The fourth-order valence-corrected chi connectivity index (χ4v) is 5.95. The van der Waals surface area contributed by atoms with E-state index in [1.165, 1.54) is 7.11 Å². The van der Waals surface area contributed by atoms with Crippen LogP contribution in [0.15, 0.2) is 48.7 Å². The third-order valence-electron chi connectivity index (χ3n) is 7.89. The van der Waals surface area contributed by atoms with Gasteiger partial charge in [0.2, 0.25) is 5.91 Å². The predicted molar refractivity (Wildman–Crippen MR) is 150 cm³/mol. The summed E-state index contributed by atoms with van der Waals surface area (Å²) in [6.45, 7) is 0.299. The highest BCUT2D eigenvalue weighted by atomic mass is 35.5. The quantitative estimate of drug-likeness (QED) is 0.358. The van der Waals surface area contributed by atoms with E-state index in [1.54, 1.807) is 29.3 Å². The molecular weight excluding hydrogens is 537 g/mol. The second-order valence-electron chi connectivity index (χ2n) is 10.6. The van der Waals surface area contributed by atoms with E-state index in [0.717, 1.165) is 23.7 Å². The molecule has 2 heterocycles. The average molecular weight is 570 g/mol. The first-order valence-corrected chi connectivity index (χ1v) is 14.0. The fourth-order valence-electron chi connectivity index (χ4n) is 5.70. The van der Waals surface area contributed by atoms with Crippen molar-refractivity contribution in [1.82, 2.24) is 9.88 Å². The van der Waals surface area contributed by atoms with Crippen LogP contribution >= 0.6 is 11.6 Å². The van der Waals surface area contributed by atoms with Gasteiger partial charge in [-0.1, -0.05) is 35.9 Å². The van der Waals surface area contributed by atoms with Crippen molar-refractivity contribution in [1.29, 1.82) is 0 Å². The third-order valence-corrected chi connectivity index (χ3v) is 8.20. The van der Waals surface area contributed by atoms with Crippen LogP contribution < -0.4 is 5.32 Å². The Morgan fingerprint density at radius 2 is 1.90 bits per heavy atom. The number of halogens is 2. The van der Waals surface area contributed by atoms with Gasteiger partial charge in [-0.05, 0) is 49.4 Å². The van der Waals surface area contributed by atoms with Gasteiger partial charge < -0.3 is 24.7 Å². The van der Waals surface area contributed by atoms with Crippen LogP contribution in [0.1, 0.15) is 48.0 Å². The Bertz CT molecular complexity index is 1390. The number of alkyl halides is 1. The molecule has 2 aliphatic rings. The van der Waals surface area contributed by atoms with Gasteiger partial charge in [-0.25, -0.2) is 4.39 Å². The van der Waals surface area contributed by atoms with E-state index < -0.39 is 6.17 Å². The highest BCUT2D eigenvalue weighted by Crippen LogP contribution is 2.30. The number of carbonyl (C=O) groups is 3. The molecule has 1 aromatic heterocycles. The van der Waals surface area contributed by atoms with E-state index in [9.17, 15) is 18.8 Å². The Morgan fingerprint density at radius 3 is 2.65 bits per heavy atom. The smallest absolute Gasteiger partial charge is 0.308 e. The van der Waals surface area contributed by atoms with Gasteiger partial charge in [0, 0.05) is 23.5 Å². The summed E-state index contributed by atoms with van der Waals surface area (Å²) in [6.07, 6.45) is 3.73. The Balaban J connectivity index is 1.16. The van der Waals surface area contributed by atoms with Gasteiger partial charge in [-0.3, -0.25) is 14.4 Å². The van der Waals surface area contributed by atoms with Crippen LogP contribution in [0.5, 0.6) is 0 Å². The fraction of sp³-hybridized carbons (Fsp3) is 0.433. The molecular formula is C30H33ClFN3O5. The molecule has 1 saturated heterocycles. The molecule has 8 nitrogen and oxygen atoms in total. The number of H-pyrrole nitrogens is 1. The van der Waals surface area contributed by atoms with Crippen LogP contribution in [-0.4, -0.2) is 66.2 Å². The normalized spacial score (nSPS) is 22.8. The van der Waals surface area contributed by atoms with Crippen LogP contribution in [0.25, 0.3) is 10.9 Å². The van der Waals surface area contributed by atoms with E-state index in [4.69, 9.17) is 21.1 Å². The molecule has 0 spiro atoms. The van der Waals surface area contributed by atoms with Crippen molar-refractivity contribution < 1.29 is 28.2 Å². The molecule has 212 valence electrons. The molecule has 0 bridgehead atoms. The van der Waals surface area contributed by atoms with Crippen molar-refractivity contribution in [2.24, 2.45) is 5.92 Å². The molecule has 5 rings (SSSR count). The summed E-state index contributed by atoms with van der Waals surface area (Å²) in [4.78, 5) is 42.4. The van der Waals surface area contributed by atoms with Gasteiger partial charge in [-0.15, -0.1) is 0 Å². The number of carbonyl (C=O) groups excluding carboxylic acids is 3. The van der Waals surface area contributed by atoms with E-state index in [2.05, 4.69) is 10.3 Å². The van der Waals surface area contributed by atoms with Gasteiger partial charge in [0.05, 0.1) is 61.0 Å². The number of anilines is 1. The minimum absolute atomic E-state index is 0.0117. The highest BCUT2D eigenvalue weighted by molar-refractivity contribution is 6.34. The zero-order valence-electron chi connectivity index (χ0n) is 22.3. The van der Waals surface area contributed by atoms with Crippen LogP contribution in [-0.2, 0) is 25.5 Å². The lowest BCUT2D eigenvalue weighted by Crippen LogP contribution is -2.40. The van der Waals surface area contributed by atoms with E-state index >= 15 is 0 Å². The number of ether oxygens (including phenoxy) is 2. The molecule has 10 heteroatoms. The number of aromatic nitrogens is 1. The van der Waals surface area contributed by atoms with Gasteiger partial charge in [0.15, 0.2) is 0 Å². The second-order valence-corrected chi connectivity index (χ2v) is 11.0. The minimum atomic E-state index is -1.10. The first-order chi connectivity index (χ1) is 19.3. The van der Waals surface area contributed by atoms with Gasteiger partial charge >= 0.3 is 5.97 Å². The summed E-state index contributed by atoms with van der Waals surface area (Å²) in [5.41, 5.74) is 2.47. The van der Waals surface area contributed by atoms with Crippen LogP contribution in [0.2, 0.25) is 5.02 Å². The van der Waals surface area contributed by atoms with Crippen molar-refractivity contribution in [2.75, 3.05) is 25.6 Å². The standard InChI is InChI=1S/C30H33ClFN3O5/c1-39-30(38)19-7-9-22(10-8-19)40-17-21-14-20(32)16-35(21)28(36)13-18-6-11-27(25(31)12-18)34-29(37)24-15-33-26-5-3-2-4-23(24)26/h2-6,11-12,15,19-22,33H,7-10,13-14,16-17H2,1H3,(H,34,37)/t19?,20-,21-,22?/m0/s1. The maximum atomic E-state index is 14.4. The SMILES string of the molecule is COC(=O)C1CCC(OC[C@@H]2C[C@H](F)CN2C(=O)Cc2ccc(NC(=O)c3c[nH]c4ccccc34)c(Cl)c2)CC1. The second kappa shape index (κ2) is 12.4. The number of hydrogen-bond acceptors (Lipinski definition) is 5. The lowest BCUT2D eigenvalue weighted by atomic mass is 9.87. The summed E-state index contributed by atoms with van der Waals surface area (Å²) in [5.74, 6) is -0.772. The molecule has 0 unspecified atom stereocenters. The monoisotopic (exact) mass is 569 g/mol. The predicted octanol–water partition coefficient (Wildman–Crippen LogP) is 5.30. The molecule has 2 fully saturated rings. The number of nitrogens with one attached hydrogen (secondary N) is 2. The van der Waals surface area contributed by atoms with Gasteiger partial charge in [0.1, 0.15) is 6.17 Å². The summed E-state index contributed by atoms with van der Waals surface area (Å²) in [6, 6.07) is 12.2. The number of benzene rings is 2. The zero-order valence-corrected chi connectivity index (χ0v) is 23.1. The summed E-state index contributed by atoms with van der Waals surface area (Å²) in [5, 5.41) is 3.95. The summed E-state index contributed by atoms with van der Waals surface area (Å²) in [7, 11) is 1.40. The highest BCUT2D eigenvalue weighted by Gasteiger charge is 2.36. The maximum absolute atomic E-state index is 14.4. The van der Waals surface area contributed by atoms with E-state index in [0.29, 0.717) is 34.7 Å². The number of hydrogen-bond donors (Lipinski definition) is 2. The first-order valence-electron chi connectivity index (χ1n) is 13.6. The topological polar surface area (TPSA) is 101 Å². The lowest BCUT2D eigenvalue weighted by Gasteiger charge is -2.30. The molecule has 2 amide bonds.